The van der Waals surface area contributed by atoms with E-state index in [1.54, 1.807) is 6.08 Å². The highest BCUT2D eigenvalue weighted by Gasteiger charge is 2.06. The monoisotopic (exact) mass is 853 g/mol. The zero-order valence-corrected chi connectivity index (χ0v) is 39.4. The van der Waals surface area contributed by atoms with Crippen LogP contribution in [0.2, 0.25) is 0 Å². The van der Waals surface area contributed by atoms with E-state index in [9.17, 15) is 0 Å². The fourth-order valence-electron chi connectivity index (χ4n) is 7.07. The molecule has 1 atom stereocenters. The quantitative estimate of drug-likeness (QED) is 0.105. The lowest BCUT2D eigenvalue weighted by molar-refractivity contribution is 0.739. The number of rotatable bonds is 10. The maximum Gasteiger partial charge on any atom is 0.0632 e. The molecule has 1 aliphatic carbocycles. The average Bonchev–Trinajstić information content (AvgIpc) is 3.36. The molecule has 0 amide bonds. The van der Waals surface area contributed by atoms with Crippen LogP contribution in [0.1, 0.15) is 80.8 Å². The summed E-state index contributed by atoms with van der Waals surface area (Å²) in [6, 6.07) is 62.1. The largest absolute Gasteiger partial charge is 0.398 e. The van der Waals surface area contributed by atoms with Crippen molar-refractivity contribution in [1.82, 2.24) is 0 Å². The first-order chi connectivity index (χ1) is 31.8. The molecule has 3 N–H and O–H groups in total. The fourth-order valence-corrected chi connectivity index (χ4v) is 7.07. The molecule has 0 saturated heterocycles. The summed E-state index contributed by atoms with van der Waals surface area (Å²) in [6.45, 7) is 16.4. The van der Waals surface area contributed by atoms with E-state index in [1.807, 2.05) is 99.7 Å². The van der Waals surface area contributed by atoms with Crippen LogP contribution in [0, 0.1) is 18.3 Å². The minimum Gasteiger partial charge on any atom is -0.398 e. The van der Waals surface area contributed by atoms with Gasteiger partial charge < -0.3 is 11.1 Å². The van der Waals surface area contributed by atoms with Crippen LogP contribution < -0.4 is 5.73 Å². The van der Waals surface area contributed by atoms with E-state index in [0.29, 0.717) is 17.3 Å². The van der Waals surface area contributed by atoms with Gasteiger partial charge in [0.1, 0.15) is 0 Å². The molecule has 0 fully saturated rings. The summed E-state index contributed by atoms with van der Waals surface area (Å²) >= 11 is 0. The molecule has 0 radical (unpaired) electrons. The molecule has 65 heavy (non-hydrogen) atoms. The molecule has 8 rings (SSSR count). The third kappa shape index (κ3) is 16.7. The second kappa shape index (κ2) is 28.4. The van der Waals surface area contributed by atoms with Crippen molar-refractivity contribution < 1.29 is 0 Å². The van der Waals surface area contributed by atoms with E-state index in [4.69, 9.17) is 11.1 Å². The van der Waals surface area contributed by atoms with Gasteiger partial charge in [-0.1, -0.05) is 271 Å². The van der Waals surface area contributed by atoms with Crippen molar-refractivity contribution in [1.29, 1.82) is 5.41 Å². The molecule has 0 aliphatic heterocycles. The molecule has 1 unspecified atom stereocenters. The first-order valence-corrected chi connectivity index (χ1v) is 23.0. The Morgan fingerprint density at radius 3 is 1.85 bits per heavy atom. The summed E-state index contributed by atoms with van der Waals surface area (Å²) in [5.41, 5.74) is 19.4. The number of nitrogens with one attached hydrogen (secondary N) is 1. The normalized spacial score (nSPS) is 13.0. The van der Waals surface area contributed by atoms with Gasteiger partial charge in [-0.3, -0.25) is 0 Å². The predicted molar refractivity (Wildman–Crippen MR) is 288 cm³/mol. The minimum atomic E-state index is 0.418. The summed E-state index contributed by atoms with van der Waals surface area (Å²) in [4.78, 5) is 0. The van der Waals surface area contributed by atoms with Crippen LogP contribution in [0.15, 0.2) is 237 Å². The van der Waals surface area contributed by atoms with Gasteiger partial charge in [-0.15, -0.1) is 0 Å². The van der Waals surface area contributed by atoms with Crippen LogP contribution >= 0.6 is 0 Å². The molecule has 2 nitrogen and oxygen atoms in total. The van der Waals surface area contributed by atoms with Crippen molar-refractivity contribution in [2.24, 2.45) is 11.7 Å². The van der Waals surface area contributed by atoms with Crippen LogP contribution in [-0.2, 0) is 6.42 Å². The molecule has 330 valence electrons. The summed E-state index contributed by atoms with van der Waals surface area (Å²) in [7, 11) is 0. The van der Waals surface area contributed by atoms with Gasteiger partial charge in [-0.2, -0.15) is 0 Å². The number of hydrogen-bond acceptors (Lipinski definition) is 2. The second-order valence-corrected chi connectivity index (χ2v) is 15.5. The molecule has 0 spiro atoms. The molecule has 0 saturated carbocycles. The fraction of sp³-hybridized carbons (Fsp3) is 0.159. The van der Waals surface area contributed by atoms with Gasteiger partial charge in [0.15, 0.2) is 0 Å². The number of hydrogen-bond donors (Lipinski definition) is 2. The maximum absolute atomic E-state index is 8.16. The summed E-state index contributed by atoms with van der Waals surface area (Å²) in [5, 5.41) is 10.4. The Morgan fingerprint density at radius 2 is 1.25 bits per heavy atom. The number of allylic oxidation sites excluding steroid dienone is 10. The standard InChI is InChI=1S/C19H16N2.C19H18.C14H16.C9H12.C2H6/c20-18(15-8-2-1-3-9-15)13-19(21)17-12-6-10-14-7-4-5-11-16(14)17;1-3-8-16(9-4-2)18-12-14-19(15-13-18)17-10-6-5-7-11-17;1-11-3-7-13(8-4-11)14-9-5-12(2)6-10-14;1-2-6-9-7-4-3-5-8-9;1-2/h1-13,20H,21H2;3-15H,1H2,2H3;3-5,7-10,12H,6H2,1-2H3;3-5,7-8H,2,6H2,1H3;1-2H3/b19-13-,20-18?;9-4-,16-8+;;;. The maximum atomic E-state index is 8.16. The Hall–Kier alpha value is -7.29. The van der Waals surface area contributed by atoms with Gasteiger partial charge in [0.05, 0.1) is 5.71 Å². The number of nitrogens with two attached hydrogens (primary N) is 1. The highest BCUT2D eigenvalue weighted by Crippen LogP contribution is 2.26. The van der Waals surface area contributed by atoms with E-state index in [1.165, 1.54) is 63.8 Å². The molecule has 0 bridgehead atoms. The van der Waals surface area contributed by atoms with Crippen molar-refractivity contribution in [3.05, 3.63) is 271 Å². The lowest BCUT2D eigenvalue weighted by atomic mass is 9.94. The van der Waals surface area contributed by atoms with E-state index < -0.39 is 0 Å². The highest BCUT2D eigenvalue weighted by atomic mass is 14.6. The predicted octanol–water partition coefficient (Wildman–Crippen LogP) is 17.3. The SMILES string of the molecule is C=C/C=C(\C=C/C)c1ccc(-c2ccccc2)cc1.CC.CCCc1ccccc1.Cc1ccc(C2=CCC(C)C=C2)cc1.N=C(/C=C(\N)c1cccc2ccccc12)c1ccccc1. The van der Waals surface area contributed by atoms with Gasteiger partial charge in [0.2, 0.25) is 0 Å². The molecular weight excluding hydrogens is 785 g/mol. The smallest absolute Gasteiger partial charge is 0.0632 e. The number of fused-ring (bicyclic) bond motifs is 1. The van der Waals surface area contributed by atoms with E-state index in [2.05, 4.69) is 173 Å². The zero-order valence-electron chi connectivity index (χ0n) is 39.4. The number of benzene rings is 7. The van der Waals surface area contributed by atoms with Crippen LogP contribution in [-0.4, -0.2) is 5.71 Å². The molecule has 7 aromatic rings. The Balaban J connectivity index is 0.000000194. The van der Waals surface area contributed by atoms with E-state index >= 15 is 0 Å². The van der Waals surface area contributed by atoms with Crippen LogP contribution in [0.5, 0.6) is 0 Å². The molecule has 0 aromatic heterocycles. The molecule has 7 aromatic carbocycles. The molecule has 1 aliphatic rings. The third-order valence-corrected chi connectivity index (χ3v) is 10.5. The molecular formula is C63H68N2. The van der Waals surface area contributed by atoms with Crippen molar-refractivity contribution in [3.8, 4) is 11.1 Å². The lowest BCUT2D eigenvalue weighted by Crippen LogP contribution is -2.02. The summed E-state index contributed by atoms with van der Waals surface area (Å²) in [6.07, 6.45) is 20.2. The van der Waals surface area contributed by atoms with Gasteiger partial charge in [0, 0.05) is 11.3 Å². The third-order valence-electron chi connectivity index (χ3n) is 10.5. The Labute approximate surface area is 391 Å². The molecule has 0 heterocycles. The topological polar surface area (TPSA) is 49.9 Å². The Morgan fingerprint density at radius 1 is 0.677 bits per heavy atom. The number of aryl methyl sites for hydroxylation is 2. The average molecular weight is 853 g/mol. The zero-order chi connectivity index (χ0) is 46.7. The van der Waals surface area contributed by atoms with Gasteiger partial charge >= 0.3 is 0 Å². The van der Waals surface area contributed by atoms with Crippen LogP contribution in [0.4, 0.5) is 0 Å². The summed E-state index contributed by atoms with van der Waals surface area (Å²) in [5.74, 6) is 0.698. The lowest BCUT2D eigenvalue weighted by Gasteiger charge is -2.11. The van der Waals surface area contributed by atoms with Crippen molar-refractivity contribution in [2.75, 3.05) is 0 Å². The Bertz CT molecular complexity index is 2620. The first kappa shape index (κ1) is 50.4. The van der Waals surface area contributed by atoms with Crippen LogP contribution in [0.3, 0.4) is 0 Å². The van der Waals surface area contributed by atoms with E-state index in [-0.39, 0.29) is 0 Å². The van der Waals surface area contributed by atoms with Crippen molar-refractivity contribution in [3.63, 3.8) is 0 Å². The van der Waals surface area contributed by atoms with Gasteiger partial charge in [-0.05, 0) is 94.0 Å². The van der Waals surface area contributed by atoms with E-state index in [0.717, 1.165) is 21.9 Å². The Kier molecular flexibility index (Phi) is 22.0. The van der Waals surface area contributed by atoms with Gasteiger partial charge in [-0.25, -0.2) is 0 Å². The minimum absolute atomic E-state index is 0.418. The highest BCUT2D eigenvalue weighted by molar-refractivity contribution is 6.11. The molecule has 2 heteroatoms. The first-order valence-electron chi connectivity index (χ1n) is 23.0. The van der Waals surface area contributed by atoms with Crippen molar-refractivity contribution >= 4 is 33.3 Å². The van der Waals surface area contributed by atoms with Crippen molar-refractivity contribution in [2.45, 2.75) is 60.8 Å². The second-order valence-electron chi connectivity index (χ2n) is 15.5. The summed E-state index contributed by atoms with van der Waals surface area (Å²) < 4.78 is 0. The van der Waals surface area contributed by atoms with Crippen LogP contribution in [0.25, 0.3) is 38.7 Å². The van der Waals surface area contributed by atoms with Gasteiger partial charge in [0.25, 0.3) is 0 Å².